The minimum absolute atomic E-state index is 0.0348. The van der Waals surface area contributed by atoms with Crippen molar-refractivity contribution in [2.45, 2.75) is 19.4 Å². The van der Waals surface area contributed by atoms with Gasteiger partial charge < -0.3 is 21.8 Å². The predicted molar refractivity (Wildman–Crippen MR) is 94.9 cm³/mol. The zero-order valence-electron chi connectivity index (χ0n) is 14.0. The van der Waals surface area contributed by atoms with Gasteiger partial charge in [0, 0.05) is 5.56 Å². The molecule has 0 radical (unpaired) electrons. The summed E-state index contributed by atoms with van der Waals surface area (Å²) in [5, 5.41) is 12.1. The molecular formula is C16H14F2N8O. The molecular weight excluding hydrogens is 358 g/mol. The molecule has 0 bridgehead atoms. The first kappa shape index (κ1) is 18.0. The Bertz CT molecular complexity index is 1120. The number of halogens is 2. The second kappa shape index (κ2) is 6.83. The molecule has 0 saturated heterocycles. The Balaban J connectivity index is 2.07. The molecule has 0 saturated carbocycles. The SMILES string of the molecule is C[C@H](Nc1nc(N)nc(N)c1C#N)c1nc2c(C(F)F)cccc2c(=O)[nH]1. The summed E-state index contributed by atoms with van der Waals surface area (Å²) in [6.07, 6.45) is -2.79. The number of nitrogens with zero attached hydrogens (tertiary/aromatic N) is 4. The van der Waals surface area contributed by atoms with Crippen LogP contribution in [0.25, 0.3) is 10.9 Å². The summed E-state index contributed by atoms with van der Waals surface area (Å²) in [5.41, 5.74) is 10.2. The van der Waals surface area contributed by atoms with E-state index < -0.39 is 18.0 Å². The van der Waals surface area contributed by atoms with Crippen molar-refractivity contribution in [1.29, 1.82) is 5.26 Å². The van der Waals surface area contributed by atoms with E-state index in [9.17, 15) is 18.8 Å². The lowest BCUT2D eigenvalue weighted by Crippen LogP contribution is -2.20. The van der Waals surface area contributed by atoms with E-state index in [2.05, 4.69) is 25.3 Å². The highest BCUT2D eigenvalue weighted by molar-refractivity contribution is 5.81. The van der Waals surface area contributed by atoms with Crippen LogP contribution < -0.4 is 22.3 Å². The van der Waals surface area contributed by atoms with Gasteiger partial charge in [0.05, 0.1) is 16.9 Å². The Morgan fingerprint density at radius 2 is 2.00 bits per heavy atom. The molecule has 2 aromatic heterocycles. The second-order valence-corrected chi connectivity index (χ2v) is 5.66. The number of nitrogen functional groups attached to an aromatic ring is 2. The number of aromatic amines is 1. The van der Waals surface area contributed by atoms with Gasteiger partial charge in [-0.3, -0.25) is 4.79 Å². The largest absolute Gasteiger partial charge is 0.382 e. The zero-order chi connectivity index (χ0) is 19.7. The fourth-order valence-electron chi connectivity index (χ4n) is 2.57. The third-order valence-electron chi connectivity index (χ3n) is 3.85. The molecule has 0 aliphatic carbocycles. The Morgan fingerprint density at radius 1 is 1.26 bits per heavy atom. The lowest BCUT2D eigenvalue weighted by molar-refractivity contribution is 0.153. The van der Waals surface area contributed by atoms with Crippen LogP contribution in [0.2, 0.25) is 0 Å². The third kappa shape index (κ3) is 3.32. The van der Waals surface area contributed by atoms with Crippen molar-refractivity contribution in [2.24, 2.45) is 0 Å². The molecule has 2 heterocycles. The van der Waals surface area contributed by atoms with Crippen LogP contribution in [0.4, 0.5) is 26.4 Å². The van der Waals surface area contributed by atoms with Crippen molar-refractivity contribution in [3.63, 3.8) is 0 Å². The van der Waals surface area contributed by atoms with Crippen LogP contribution in [0.5, 0.6) is 0 Å². The smallest absolute Gasteiger partial charge is 0.265 e. The number of aromatic nitrogens is 4. The lowest BCUT2D eigenvalue weighted by atomic mass is 10.1. The van der Waals surface area contributed by atoms with E-state index in [1.165, 1.54) is 18.2 Å². The highest BCUT2D eigenvalue weighted by Gasteiger charge is 2.19. The summed E-state index contributed by atoms with van der Waals surface area (Å²) >= 11 is 0. The molecule has 3 aromatic rings. The van der Waals surface area contributed by atoms with E-state index in [0.717, 1.165) is 0 Å². The summed E-state index contributed by atoms with van der Waals surface area (Å²) in [6.45, 7) is 1.60. The summed E-state index contributed by atoms with van der Waals surface area (Å²) in [6, 6.07) is 5.14. The van der Waals surface area contributed by atoms with E-state index >= 15 is 0 Å². The van der Waals surface area contributed by atoms with E-state index in [1.807, 2.05) is 6.07 Å². The van der Waals surface area contributed by atoms with Gasteiger partial charge >= 0.3 is 0 Å². The molecule has 11 heteroatoms. The maximum Gasteiger partial charge on any atom is 0.265 e. The number of H-pyrrole nitrogens is 1. The number of anilines is 3. The van der Waals surface area contributed by atoms with Crippen LogP contribution in [-0.2, 0) is 0 Å². The summed E-state index contributed by atoms with van der Waals surface area (Å²) in [7, 11) is 0. The first-order valence-corrected chi connectivity index (χ1v) is 7.72. The normalized spacial score (nSPS) is 12.1. The average Bonchev–Trinajstić information content (AvgIpc) is 2.60. The highest BCUT2D eigenvalue weighted by Crippen LogP contribution is 2.26. The van der Waals surface area contributed by atoms with E-state index in [0.29, 0.717) is 0 Å². The summed E-state index contributed by atoms with van der Waals surface area (Å²) in [4.78, 5) is 26.6. The first-order valence-electron chi connectivity index (χ1n) is 7.72. The van der Waals surface area contributed by atoms with Gasteiger partial charge in [-0.1, -0.05) is 12.1 Å². The highest BCUT2D eigenvalue weighted by atomic mass is 19.3. The molecule has 9 nitrogen and oxygen atoms in total. The number of benzene rings is 1. The zero-order valence-corrected chi connectivity index (χ0v) is 14.0. The first-order chi connectivity index (χ1) is 12.8. The standard InChI is InChI=1S/C16H14F2N8O/c1-6(22-14-9(5-19)12(20)24-16(21)26-14)13-23-10-7(11(17)18)3-2-4-8(10)15(27)25-13/h2-4,6,11H,1H3,(H,23,25,27)(H5,20,21,22,24,26)/t6-/m0/s1. The number of nitrogens with two attached hydrogens (primary N) is 2. The van der Waals surface area contributed by atoms with Gasteiger partial charge in [0.15, 0.2) is 5.82 Å². The fourth-order valence-corrected chi connectivity index (χ4v) is 2.57. The molecule has 1 atom stereocenters. The van der Waals surface area contributed by atoms with Crippen LogP contribution in [-0.4, -0.2) is 19.9 Å². The summed E-state index contributed by atoms with van der Waals surface area (Å²) < 4.78 is 26.5. The molecule has 0 aliphatic rings. The van der Waals surface area contributed by atoms with Crippen molar-refractivity contribution in [1.82, 2.24) is 19.9 Å². The molecule has 0 amide bonds. The van der Waals surface area contributed by atoms with Crippen molar-refractivity contribution in [3.8, 4) is 6.07 Å². The number of hydrogen-bond acceptors (Lipinski definition) is 8. The third-order valence-corrected chi connectivity index (χ3v) is 3.85. The topological polar surface area (TPSA) is 159 Å². The van der Waals surface area contributed by atoms with Gasteiger partial charge in [0.1, 0.15) is 23.3 Å². The van der Waals surface area contributed by atoms with Crippen molar-refractivity contribution >= 4 is 28.5 Å². The lowest BCUT2D eigenvalue weighted by Gasteiger charge is -2.16. The summed E-state index contributed by atoms with van der Waals surface area (Å²) in [5.74, 6) is -0.138. The minimum atomic E-state index is -2.79. The fraction of sp³-hybridized carbons (Fsp3) is 0.188. The van der Waals surface area contributed by atoms with Crippen LogP contribution in [0, 0.1) is 11.3 Å². The number of fused-ring (bicyclic) bond motifs is 1. The number of nitriles is 1. The van der Waals surface area contributed by atoms with Crippen LogP contribution >= 0.6 is 0 Å². The molecule has 0 spiro atoms. The van der Waals surface area contributed by atoms with Crippen LogP contribution in [0.15, 0.2) is 23.0 Å². The maximum absolute atomic E-state index is 13.2. The molecule has 27 heavy (non-hydrogen) atoms. The Hall–Kier alpha value is -3.81. The minimum Gasteiger partial charge on any atom is -0.382 e. The Kier molecular flexibility index (Phi) is 4.55. The quantitative estimate of drug-likeness (QED) is 0.540. The number of rotatable bonds is 4. The molecule has 3 rings (SSSR count). The Morgan fingerprint density at radius 3 is 2.67 bits per heavy atom. The molecule has 6 N–H and O–H groups in total. The van der Waals surface area contributed by atoms with Gasteiger partial charge in [-0.2, -0.15) is 15.2 Å². The number of hydrogen-bond donors (Lipinski definition) is 4. The van der Waals surface area contributed by atoms with Gasteiger partial charge in [0.2, 0.25) is 5.95 Å². The van der Waals surface area contributed by atoms with Gasteiger partial charge in [-0.25, -0.2) is 13.8 Å². The van der Waals surface area contributed by atoms with E-state index in [1.54, 1.807) is 6.92 Å². The molecule has 0 aliphatic heterocycles. The van der Waals surface area contributed by atoms with Gasteiger partial charge in [0.25, 0.3) is 12.0 Å². The van der Waals surface area contributed by atoms with Crippen LogP contribution in [0.1, 0.15) is 36.3 Å². The monoisotopic (exact) mass is 372 g/mol. The van der Waals surface area contributed by atoms with Crippen molar-refractivity contribution in [3.05, 3.63) is 45.5 Å². The predicted octanol–water partition coefficient (Wildman–Crippen LogP) is 1.86. The van der Waals surface area contributed by atoms with Crippen molar-refractivity contribution in [2.75, 3.05) is 16.8 Å². The molecule has 0 fully saturated rings. The van der Waals surface area contributed by atoms with Gasteiger partial charge in [-0.05, 0) is 13.0 Å². The number of nitrogens with one attached hydrogen (secondary N) is 2. The molecule has 1 aromatic carbocycles. The van der Waals surface area contributed by atoms with Crippen molar-refractivity contribution < 1.29 is 8.78 Å². The number of alkyl halides is 2. The van der Waals surface area contributed by atoms with Gasteiger partial charge in [-0.15, -0.1) is 0 Å². The van der Waals surface area contributed by atoms with E-state index in [4.69, 9.17) is 11.5 Å². The molecule has 0 unspecified atom stereocenters. The van der Waals surface area contributed by atoms with E-state index in [-0.39, 0.29) is 45.4 Å². The Labute approximate surface area is 151 Å². The van der Waals surface area contributed by atoms with Crippen LogP contribution in [0.3, 0.4) is 0 Å². The average molecular weight is 372 g/mol. The number of para-hydroxylation sites is 1. The molecule has 138 valence electrons. The second-order valence-electron chi connectivity index (χ2n) is 5.66. The maximum atomic E-state index is 13.2.